The van der Waals surface area contributed by atoms with Gasteiger partial charge in [-0.3, -0.25) is 0 Å². The normalized spacial score (nSPS) is 11.4. The molecule has 0 saturated carbocycles. The average molecular weight is 288 g/mol. The molecule has 2 heteroatoms. The molecule has 0 N–H and O–H groups in total. The molecule has 0 unspecified atom stereocenters. The van der Waals surface area contributed by atoms with Gasteiger partial charge in [-0.2, -0.15) is 0 Å². The van der Waals surface area contributed by atoms with Gasteiger partial charge in [0.15, 0.2) is 5.82 Å². The van der Waals surface area contributed by atoms with Crippen molar-refractivity contribution in [2.45, 2.75) is 26.2 Å². The summed E-state index contributed by atoms with van der Waals surface area (Å²) in [5.41, 5.74) is 4.73. The molecular weight excluding hydrogens is 268 g/mol. The highest BCUT2D eigenvalue weighted by Crippen LogP contribution is 2.26. The van der Waals surface area contributed by atoms with E-state index >= 15 is 0 Å². The van der Waals surface area contributed by atoms with E-state index in [1.54, 1.807) is 0 Å². The molecule has 110 valence electrons. The zero-order valence-electron chi connectivity index (χ0n) is 13.2. The van der Waals surface area contributed by atoms with E-state index in [-0.39, 0.29) is 5.41 Å². The van der Waals surface area contributed by atoms with Crippen LogP contribution in [0.3, 0.4) is 0 Å². The fourth-order valence-corrected chi connectivity index (χ4v) is 2.38. The highest BCUT2D eigenvalue weighted by molar-refractivity contribution is 5.64. The topological polar surface area (TPSA) is 25.8 Å². The van der Waals surface area contributed by atoms with Gasteiger partial charge in [0.2, 0.25) is 0 Å². The minimum Gasteiger partial charge on any atom is -0.236 e. The summed E-state index contributed by atoms with van der Waals surface area (Å²) in [6.45, 7) is 6.67. The fourth-order valence-electron chi connectivity index (χ4n) is 2.38. The minimum absolute atomic E-state index is 0.173. The molecule has 1 aromatic heterocycles. The molecule has 0 amide bonds. The number of rotatable bonds is 2. The number of benzene rings is 2. The van der Waals surface area contributed by atoms with Gasteiger partial charge < -0.3 is 0 Å². The van der Waals surface area contributed by atoms with Crippen molar-refractivity contribution in [1.29, 1.82) is 0 Å². The SMILES string of the molecule is CC(C)(C)c1ccc(-c2cnc(-c3ccccc3)nc2)cc1. The molecule has 0 bridgehead atoms. The quantitative estimate of drug-likeness (QED) is 0.655. The van der Waals surface area contributed by atoms with E-state index < -0.39 is 0 Å². The van der Waals surface area contributed by atoms with E-state index in [1.165, 1.54) is 5.56 Å². The van der Waals surface area contributed by atoms with Gasteiger partial charge in [0.05, 0.1) is 0 Å². The maximum absolute atomic E-state index is 4.49. The minimum atomic E-state index is 0.173. The summed E-state index contributed by atoms with van der Waals surface area (Å²) in [6.07, 6.45) is 3.78. The molecule has 22 heavy (non-hydrogen) atoms. The summed E-state index contributed by atoms with van der Waals surface area (Å²) in [5, 5.41) is 0. The third-order valence-electron chi connectivity index (χ3n) is 3.77. The van der Waals surface area contributed by atoms with Gasteiger partial charge in [-0.05, 0) is 16.5 Å². The first-order valence-corrected chi connectivity index (χ1v) is 7.52. The van der Waals surface area contributed by atoms with Crippen LogP contribution >= 0.6 is 0 Å². The third-order valence-corrected chi connectivity index (χ3v) is 3.77. The molecule has 0 aliphatic rings. The predicted molar refractivity (Wildman–Crippen MR) is 91.6 cm³/mol. The predicted octanol–water partition coefficient (Wildman–Crippen LogP) is 5.11. The first kappa shape index (κ1) is 14.5. The van der Waals surface area contributed by atoms with E-state index in [0.717, 1.165) is 22.5 Å². The monoisotopic (exact) mass is 288 g/mol. The van der Waals surface area contributed by atoms with Gasteiger partial charge in [0.1, 0.15) is 0 Å². The smallest absolute Gasteiger partial charge is 0.159 e. The van der Waals surface area contributed by atoms with Gasteiger partial charge in [0.25, 0.3) is 0 Å². The number of aromatic nitrogens is 2. The van der Waals surface area contributed by atoms with Crippen molar-refractivity contribution >= 4 is 0 Å². The number of nitrogens with zero attached hydrogens (tertiary/aromatic N) is 2. The molecule has 0 fully saturated rings. The molecule has 0 aliphatic heterocycles. The van der Waals surface area contributed by atoms with Crippen LogP contribution in [0.4, 0.5) is 0 Å². The second-order valence-corrected chi connectivity index (χ2v) is 6.49. The number of hydrogen-bond donors (Lipinski definition) is 0. The summed E-state index contributed by atoms with van der Waals surface area (Å²) in [5.74, 6) is 0.760. The Bertz CT molecular complexity index is 736. The van der Waals surface area contributed by atoms with Gasteiger partial charge in [-0.25, -0.2) is 9.97 Å². The highest BCUT2D eigenvalue weighted by Gasteiger charge is 2.13. The van der Waals surface area contributed by atoms with Crippen molar-refractivity contribution in [2.75, 3.05) is 0 Å². The summed E-state index contributed by atoms with van der Waals surface area (Å²) >= 11 is 0. The molecule has 2 aromatic carbocycles. The molecule has 0 saturated heterocycles. The van der Waals surface area contributed by atoms with Crippen molar-refractivity contribution in [3.63, 3.8) is 0 Å². The first-order valence-electron chi connectivity index (χ1n) is 7.52. The molecular formula is C20H20N2. The van der Waals surface area contributed by atoms with Crippen LogP contribution < -0.4 is 0 Å². The van der Waals surface area contributed by atoms with Gasteiger partial charge >= 0.3 is 0 Å². The maximum atomic E-state index is 4.49. The Morgan fingerprint density at radius 2 is 1.23 bits per heavy atom. The highest BCUT2D eigenvalue weighted by atomic mass is 14.9. The van der Waals surface area contributed by atoms with Crippen LogP contribution in [0.25, 0.3) is 22.5 Å². The van der Waals surface area contributed by atoms with E-state index in [0.29, 0.717) is 0 Å². The molecule has 0 aliphatic carbocycles. The van der Waals surface area contributed by atoms with Crippen LogP contribution in [0, 0.1) is 0 Å². The lowest BCUT2D eigenvalue weighted by atomic mass is 9.86. The van der Waals surface area contributed by atoms with E-state index in [1.807, 2.05) is 42.7 Å². The van der Waals surface area contributed by atoms with Crippen molar-refractivity contribution < 1.29 is 0 Å². The van der Waals surface area contributed by atoms with Crippen molar-refractivity contribution in [1.82, 2.24) is 9.97 Å². The Balaban J connectivity index is 1.87. The zero-order valence-corrected chi connectivity index (χ0v) is 13.2. The average Bonchev–Trinajstić information content (AvgIpc) is 2.55. The summed E-state index contributed by atoms with van der Waals surface area (Å²) in [6, 6.07) is 18.7. The van der Waals surface area contributed by atoms with E-state index in [4.69, 9.17) is 0 Å². The standard InChI is InChI=1S/C20H20N2/c1-20(2,3)18-11-9-15(10-12-18)17-13-21-19(22-14-17)16-7-5-4-6-8-16/h4-14H,1-3H3. The van der Waals surface area contributed by atoms with Crippen LogP contribution in [0.5, 0.6) is 0 Å². The Hall–Kier alpha value is -2.48. The summed E-state index contributed by atoms with van der Waals surface area (Å²) < 4.78 is 0. The summed E-state index contributed by atoms with van der Waals surface area (Å²) in [4.78, 5) is 8.97. The molecule has 3 rings (SSSR count). The second-order valence-electron chi connectivity index (χ2n) is 6.49. The summed E-state index contributed by atoms with van der Waals surface area (Å²) in [7, 11) is 0. The lowest BCUT2D eigenvalue weighted by Crippen LogP contribution is -2.10. The largest absolute Gasteiger partial charge is 0.236 e. The van der Waals surface area contributed by atoms with Crippen molar-refractivity contribution in [3.8, 4) is 22.5 Å². The van der Waals surface area contributed by atoms with Crippen molar-refractivity contribution in [2.24, 2.45) is 0 Å². The van der Waals surface area contributed by atoms with E-state index in [2.05, 4.69) is 55.0 Å². The molecule has 1 heterocycles. The Morgan fingerprint density at radius 3 is 1.77 bits per heavy atom. The second kappa shape index (κ2) is 5.72. The zero-order chi connectivity index (χ0) is 15.6. The van der Waals surface area contributed by atoms with Gasteiger partial charge in [-0.1, -0.05) is 75.4 Å². The van der Waals surface area contributed by atoms with Crippen LogP contribution in [-0.2, 0) is 5.41 Å². The fraction of sp³-hybridized carbons (Fsp3) is 0.200. The van der Waals surface area contributed by atoms with Gasteiger partial charge in [-0.15, -0.1) is 0 Å². The molecule has 3 aromatic rings. The molecule has 0 atom stereocenters. The Labute approximate surface area is 131 Å². The Kier molecular flexibility index (Phi) is 3.76. The van der Waals surface area contributed by atoms with Crippen LogP contribution in [0.2, 0.25) is 0 Å². The van der Waals surface area contributed by atoms with Crippen LogP contribution in [0.1, 0.15) is 26.3 Å². The van der Waals surface area contributed by atoms with E-state index in [9.17, 15) is 0 Å². The maximum Gasteiger partial charge on any atom is 0.159 e. The third kappa shape index (κ3) is 3.06. The number of hydrogen-bond acceptors (Lipinski definition) is 2. The van der Waals surface area contributed by atoms with Crippen molar-refractivity contribution in [3.05, 3.63) is 72.6 Å². The molecule has 2 nitrogen and oxygen atoms in total. The van der Waals surface area contributed by atoms with Crippen LogP contribution in [0.15, 0.2) is 67.0 Å². The molecule has 0 radical (unpaired) electrons. The van der Waals surface area contributed by atoms with Crippen LogP contribution in [-0.4, -0.2) is 9.97 Å². The molecule has 0 spiro atoms. The lowest BCUT2D eigenvalue weighted by Gasteiger charge is -2.19. The Morgan fingerprint density at radius 1 is 0.636 bits per heavy atom. The first-order chi connectivity index (χ1) is 10.5. The lowest BCUT2D eigenvalue weighted by molar-refractivity contribution is 0.590. The van der Waals surface area contributed by atoms with Gasteiger partial charge in [0, 0.05) is 23.5 Å².